The lowest BCUT2D eigenvalue weighted by atomic mass is 10.2. The Morgan fingerprint density at radius 3 is 2.76 bits per heavy atom. The zero-order valence-electron chi connectivity index (χ0n) is 11.3. The summed E-state index contributed by atoms with van der Waals surface area (Å²) in [5.41, 5.74) is 1.86. The summed E-state index contributed by atoms with van der Waals surface area (Å²) in [6.45, 7) is 0.487. The number of carbonyl (C=O) groups excluding carboxylic acids is 1. The van der Waals surface area contributed by atoms with Gasteiger partial charge in [-0.25, -0.2) is 0 Å². The van der Waals surface area contributed by atoms with E-state index in [-0.39, 0.29) is 5.91 Å². The van der Waals surface area contributed by atoms with Gasteiger partial charge in [0.15, 0.2) is 0 Å². The first-order valence-corrected chi connectivity index (χ1v) is 6.85. The van der Waals surface area contributed by atoms with Crippen molar-refractivity contribution in [3.05, 3.63) is 59.1 Å². The molecule has 21 heavy (non-hydrogen) atoms. The summed E-state index contributed by atoms with van der Waals surface area (Å²) in [6, 6.07) is 16.3. The van der Waals surface area contributed by atoms with Crippen LogP contribution in [0.4, 0.5) is 11.4 Å². The maximum Gasteiger partial charge on any atom is 0.226 e. The first-order valence-electron chi connectivity index (χ1n) is 6.47. The molecule has 0 aliphatic rings. The number of hydrogen-bond acceptors (Lipinski definition) is 3. The molecule has 0 bridgehead atoms. The van der Waals surface area contributed by atoms with Gasteiger partial charge in [-0.3, -0.25) is 4.79 Å². The van der Waals surface area contributed by atoms with Gasteiger partial charge in [-0.05, 0) is 30.3 Å². The number of nitrogens with one attached hydrogen (secondary N) is 2. The first-order chi connectivity index (χ1) is 10.2. The van der Waals surface area contributed by atoms with Gasteiger partial charge >= 0.3 is 0 Å². The largest absolute Gasteiger partial charge is 0.384 e. The highest BCUT2D eigenvalue weighted by Gasteiger charge is 2.05. The molecule has 0 heterocycles. The maximum absolute atomic E-state index is 11.9. The van der Waals surface area contributed by atoms with Crippen LogP contribution in [0.2, 0.25) is 5.02 Å². The van der Waals surface area contributed by atoms with Crippen LogP contribution in [0.25, 0.3) is 0 Å². The average molecular weight is 300 g/mol. The molecule has 4 nitrogen and oxygen atoms in total. The van der Waals surface area contributed by atoms with Crippen LogP contribution in [-0.4, -0.2) is 12.5 Å². The SMILES string of the molecule is N#Cc1ccccc1NC(=O)CCNc1cccc(Cl)c1. The quantitative estimate of drug-likeness (QED) is 0.885. The van der Waals surface area contributed by atoms with E-state index in [2.05, 4.69) is 10.6 Å². The second kappa shape index (κ2) is 7.32. The van der Waals surface area contributed by atoms with Gasteiger partial charge in [-0.15, -0.1) is 0 Å². The van der Waals surface area contributed by atoms with E-state index in [9.17, 15) is 4.79 Å². The molecule has 0 saturated carbocycles. The van der Waals surface area contributed by atoms with Crippen molar-refractivity contribution in [3.63, 3.8) is 0 Å². The maximum atomic E-state index is 11.9. The highest BCUT2D eigenvalue weighted by Crippen LogP contribution is 2.15. The minimum absolute atomic E-state index is 0.146. The van der Waals surface area contributed by atoms with Crippen LogP contribution in [0, 0.1) is 11.3 Å². The van der Waals surface area contributed by atoms with Crippen molar-refractivity contribution < 1.29 is 4.79 Å². The van der Waals surface area contributed by atoms with Crippen molar-refractivity contribution in [2.75, 3.05) is 17.2 Å². The predicted molar refractivity (Wildman–Crippen MR) is 84.3 cm³/mol. The number of rotatable bonds is 5. The van der Waals surface area contributed by atoms with Gasteiger partial charge in [-0.1, -0.05) is 29.8 Å². The van der Waals surface area contributed by atoms with Crippen molar-refractivity contribution in [1.29, 1.82) is 5.26 Å². The summed E-state index contributed by atoms with van der Waals surface area (Å²) in [6.07, 6.45) is 0.298. The number of nitriles is 1. The number of anilines is 2. The van der Waals surface area contributed by atoms with Crippen molar-refractivity contribution >= 4 is 28.9 Å². The molecule has 0 saturated heterocycles. The molecule has 0 spiro atoms. The Morgan fingerprint density at radius 1 is 1.19 bits per heavy atom. The Balaban J connectivity index is 1.84. The molecular formula is C16H14ClN3O. The molecule has 1 amide bonds. The molecule has 0 radical (unpaired) electrons. The smallest absolute Gasteiger partial charge is 0.226 e. The Kier molecular flexibility index (Phi) is 5.19. The number of para-hydroxylation sites is 1. The second-order valence-electron chi connectivity index (χ2n) is 4.39. The van der Waals surface area contributed by atoms with Gasteiger partial charge in [0.05, 0.1) is 11.3 Å². The first kappa shape index (κ1) is 14.9. The topological polar surface area (TPSA) is 64.9 Å². The Labute approximate surface area is 128 Å². The molecule has 2 aromatic rings. The third kappa shape index (κ3) is 4.51. The summed E-state index contributed by atoms with van der Waals surface area (Å²) in [4.78, 5) is 11.9. The van der Waals surface area contributed by atoms with Crippen molar-refractivity contribution in [3.8, 4) is 6.07 Å². The number of nitrogens with zero attached hydrogens (tertiary/aromatic N) is 1. The van der Waals surface area contributed by atoms with Gasteiger partial charge in [0.1, 0.15) is 6.07 Å². The van der Waals surface area contributed by atoms with E-state index in [0.717, 1.165) is 5.69 Å². The number of halogens is 1. The standard InChI is InChI=1S/C16H14ClN3O/c17-13-5-3-6-14(10-13)19-9-8-16(21)20-15-7-2-1-4-12(15)11-18/h1-7,10,19H,8-9H2,(H,20,21). The monoisotopic (exact) mass is 299 g/mol. The fourth-order valence-electron chi connectivity index (χ4n) is 1.82. The van der Waals surface area contributed by atoms with E-state index < -0.39 is 0 Å². The predicted octanol–water partition coefficient (Wildman–Crippen LogP) is 3.65. The summed E-state index contributed by atoms with van der Waals surface area (Å²) >= 11 is 5.88. The Hall–Kier alpha value is -2.51. The number of amides is 1. The fourth-order valence-corrected chi connectivity index (χ4v) is 2.01. The lowest BCUT2D eigenvalue weighted by molar-refractivity contribution is -0.115. The van der Waals surface area contributed by atoms with E-state index in [1.54, 1.807) is 36.4 Å². The van der Waals surface area contributed by atoms with Crippen LogP contribution in [0.15, 0.2) is 48.5 Å². The molecule has 0 atom stereocenters. The lowest BCUT2D eigenvalue weighted by Gasteiger charge is -2.08. The van der Waals surface area contributed by atoms with E-state index in [1.165, 1.54) is 0 Å². The molecule has 2 rings (SSSR count). The highest BCUT2D eigenvalue weighted by molar-refractivity contribution is 6.30. The van der Waals surface area contributed by atoms with Gasteiger partial charge in [-0.2, -0.15) is 5.26 Å². The van der Waals surface area contributed by atoms with E-state index in [0.29, 0.717) is 29.2 Å². The van der Waals surface area contributed by atoms with Crippen molar-refractivity contribution in [2.24, 2.45) is 0 Å². The second-order valence-corrected chi connectivity index (χ2v) is 4.83. The van der Waals surface area contributed by atoms with Gasteiger partial charge < -0.3 is 10.6 Å². The van der Waals surface area contributed by atoms with Crippen LogP contribution in [0.1, 0.15) is 12.0 Å². The summed E-state index contributed by atoms with van der Waals surface area (Å²) in [5, 5.41) is 15.5. The average Bonchev–Trinajstić information content (AvgIpc) is 2.48. The van der Waals surface area contributed by atoms with E-state index in [1.807, 2.05) is 18.2 Å². The molecule has 0 aliphatic carbocycles. The third-order valence-electron chi connectivity index (χ3n) is 2.83. The number of benzene rings is 2. The van der Waals surface area contributed by atoms with Crippen molar-refractivity contribution in [1.82, 2.24) is 0 Å². The molecule has 5 heteroatoms. The lowest BCUT2D eigenvalue weighted by Crippen LogP contribution is -2.16. The van der Waals surface area contributed by atoms with E-state index >= 15 is 0 Å². The summed E-state index contributed by atoms with van der Waals surface area (Å²) in [5.74, 6) is -0.146. The third-order valence-corrected chi connectivity index (χ3v) is 3.06. The zero-order valence-corrected chi connectivity index (χ0v) is 12.0. The number of hydrogen-bond donors (Lipinski definition) is 2. The minimum Gasteiger partial charge on any atom is -0.384 e. The summed E-state index contributed by atoms with van der Waals surface area (Å²) < 4.78 is 0. The van der Waals surface area contributed by atoms with Gasteiger partial charge in [0.25, 0.3) is 0 Å². The molecule has 0 unspecified atom stereocenters. The Morgan fingerprint density at radius 2 is 2.00 bits per heavy atom. The van der Waals surface area contributed by atoms with Crippen LogP contribution in [0.3, 0.4) is 0 Å². The minimum atomic E-state index is -0.146. The molecule has 0 fully saturated rings. The highest BCUT2D eigenvalue weighted by atomic mass is 35.5. The molecular weight excluding hydrogens is 286 g/mol. The van der Waals surface area contributed by atoms with Gasteiger partial charge in [0, 0.05) is 23.7 Å². The summed E-state index contributed by atoms with van der Waals surface area (Å²) in [7, 11) is 0. The molecule has 0 aromatic heterocycles. The molecule has 2 aromatic carbocycles. The zero-order chi connectivity index (χ0) is 15.1. The van der Waals surface area contributed by atoms with Crippen LogP contribution < -0.4 is 10.6 Å². The normalized spacial score (nSPS) is 9.71. The fraction of sp³-hybridized carbons (Fsp3) is 0.125. The molecule has 106 valence electrons. The van der Waals surface area contributed by atoms with E-state index in [4.69, 9.17) is 16.9 Å². The van der Waals surface area contributed by atoms with Crippen molar-refractivity contribution in [2.45, 2.75) is 6.42 Å². The number of carbonyl (C=O) groups is 1. The molecule has 0 aliphatic heterocycles. The van der Waals surface area contributed by atoms with Crippen LogP contribution >= 0.6 is 11.6 Å². The molecule has 2 N–H and O–H groups in total. The Bertz CT molecular complexity index is 679. The van der Waals surface area contributed by atoms with Gasteiger partial charge in [0.2, 0.25) is 5.91 Å². The van der Waals surface area contributed by atoms with Crippen LogP contribution in [-0.2, 0) is 4.79 Å². The van der Waals surface area contributed by atoms with Crippen LogP contribution in [0.5, 0.6) is 0 Å².